The van der Waals surface area contributed by atoms with Crippen LogP contribution in [0.15, 0.2) is 51.7 Å². The van der Waals surface area contributed by atoms with Crippen LogP contribution in [0.25, 0.3) is 0 Å². The fraction of sp³-hybridized carbons (Fsp3) is 0.300. The average Bonchev–Trinajstić information content (AvgIpc) is 3.40. The number of pyridine rings is 1. The molecular formula is C20H20N4O2S2. The lowest BCUT2D eigenvalue weighted by Crippen LogP contribution is -2.28. The van der Waals surface area contributed by atoms with Crippen molar-refractivity contribution in [2.24, 2.45) is 0 Å². The number of amides is 1. The van der Waals surface area contributed by atoms with Crippen molar-refractivity contribution in [3.8, 4) is 0 Å². The zero-order valence-electron chi connectivity index (χ0n) is 15.3. The number of rotatable bonds is 7. The summed E-state index contributed by atoms with van der Waals surface area (Å²) >= 11 is 2.97. The number of thioether (sulfide) groups is 1. The van der Waals surface area contributed by atoms with E-state index in [-0.39, 0.29) is 17.3 Å². The zero-order chi connectivity index (χ0) is 19.3. The molecule has 0 aliphatic heterocycles. The third-order valence-electron chi connectivity index (χ3n) is 4.63. The molecule has 0 spiro atoms. The Hall–Kier alpha value is -2.45. The Morgan fingerprint density at radius 3 is 2.96 bits per heavy atom. The van der Waals surface area contributed by atoms with Gasteiger partial charge in [0.2, 0.25) is 5.91 Å². The molecule has 1 amide bonds. The highest BCUT2D eigenvalue weighted by Crippen LogP contribution is 2.29. The molecule has 1 N–H and O–H groups in total. The van der Waals surface area contributed by atoms with Crippen LogP contribution in [0.2, 0.25) is 0 Å². The molecule has 0 saturated heterocycles. The molecule has 3 heterocycles. The van der Waals surface area contributed by atoms with E-state index in [2.05, 4.69) is 15.3 Å². The van der Waals surface area contributed by atoms with Gasteiger partial charge in [-0.15, -0.1) is 11.3 Å². The molecule has 0 saturated carbocycles. The van der Waals surface area contributed by atoms with Crippen LogP contribution in [0.4, 0.5) is 0 Å². The van der Waals surface area contributed by atoms with Gasteiger partial charge in [0.15, 0.2) is 0 Å². The molecule has 6 nitrogen and oxygen atoms in total. The number of nitrogens with zero attached hydrogens (tertiary/aromatic N) is 3. The molecule has 0 bridgehead atoms. The van der Waals surface area contributed by atoms with Crippen LogP contribution in [0.5, 0.6) is 0 Å². The van der Waals surface area contributed by atoms with E-state index in [1.165, 1.54) is 11.8 Å². The molecule has 1 aliphatic carbocycles. The number of thiophene rings is 1. The highest BCUT2D eigenvalue weighted by atomic mass is 32.2. The van der Waals surface area contributed by atoms with Gasteiger partial charge in [-0.25, -0.2) is 4.79 Å². The van der Waals surface area contributed by atoms with Crippen molar-refractivity contribution in [3.63, 3.8) is 0 Å². The SMILES string of the molecule is O=C(CSc1nc(=O)n(Cc2ccccn2)c2c1CCC2)NCc1cccs1. The van der Waals surface area contributed by atoms with Crippen LogP contribution in [-0.2, 0) is 30.7 Å². The van der Waals surface area contributed by atoms with Crippen molar-refractivity contribution in [1.29, 1.82) is 0 Å². The molecule has 0 radical (unpaired) electrons. The Kier molecular flexibility index (Phi) is 5.87. The highest BCUT2D eigenvalue weighted by Gasteiger charge is 2.22. The lowest BCUT2D eigenvalue weighted by atomic mass is 10.2. The number of carbonyl (C=O) groups is 1. The Balaban J connectivity index is 1.46. The van der Waals surface area contributed by atoms with Gasteiger partial charge in [-0.3, -0.25) is 14.3 Å². The van der Waals surface area contributed by atoms with Crippen LogP contribution in [-0.4, -0.2) is 26.2 Å². The Morgan fingerprint density at radius 1 is 1.25 bits per heavy atom. The molecule has 144 valence electrons. The zero-order valence-corrected chi connectivity index (χ0v) is 16.9. The molecule has 4 rings (SSSR count). The van der Waals surface area contributed by atoms with Crippen molar-refractivity contribution < 1.29 is 4.79 Å². The number of aromatic nitrogens is 3. The highest BCUT2D eigenvalue weighted by molar-refractivity contribution is 7.99. The molecule has 0 unspecified atom stereocenters. The number of hydrogen-bond acceptors (Lipinski definition) is 6. The summed E-state index contributed by atoms with van der Waals surface area (Å²) in [4.78, 5) is 34.5. The molecule has 28 heavy (non-hydrogen) atoms. The molecule has 3 aromatic rings. The monoisotopic (exact) mass is 412 g/mol. The number of nitrogens with one attached hydrogen (secondary N) is 1. The maximum Gasteiger partial charge on any atom is 0.349 e. The van der Waals surface area contributed by atoms with E-state index in [1.54, 1.807) is 22.1 Å². The fourth-order valence-electron chi connectivity index (χ4n) is 3.31. The number of fused-ring (bicyclic) bond motifs is 1. The van der Waals surface area contributed by atoms with E-state index < -0.39 is 0 Å². The fourth-order valence-corrected chi connectivity index (χ4v) is 4.86. The first-order valence-electron chi connectivity index (χ1n) is 9.15. The second-order valence-corrected chi connectivity index (χ2v) is 8.53. The van der Waals surface area contributed by atoms with Crippen LogP contribution in [0, 0.1) is 0 Å². The maximum absolute atomic E-state index is 12.6. The van der Waals surface area contributed by atoms with Crippen molar-refractivity contribution in [1.82, 2.24) is 19.9 Å². The van der Waals surface area contributed by atoms with Crippen LogP contribution < -0.4 is 11.0 Å². The molecule has 0 fully saturated rings. The second kappa shape index (κ2) is 8.70. The van der Waals surface area contributed by atoms with E-state index in [1.807, 2.05) is 35.7 Å². The summed E-state index contributed by atoms with van der Waals surface area (Å²) in [7, 11) is 0. The normalized spacial score (nSPS) is 12.7. The molecule has 3 aromatic heterocycles. The Labute approximate surface area is 171 Å². The van der Waals surface area contributed by atoms with Crippen LogP contribution in [0.3, 0.4) is 0 Å². The largest absolute Gasteiger partial charge is 0.350 e. The number of carbonyl (C=O) groups excluding carboxylic acids is 1. The van der Waals surface area contributed by atoms with Crippen molar-refractivity contribution in [2.45, 2.75) is 37.4 Å². The van der Waals surface area contributed by atoms with Crippen LogP contribution >= 0.6 is 23.1 Å². The maximum atomic E-state index is 12.6. The lowest BCUT2D eigenvalue weighted by Gasteiger charge is -2.14. The first-order chi connectivity index (χ1) is 13.7. The standard InChI is InChI=1S/C20H20N4O2S2/c25-18(22-11-15-6-4-10-27-15)13-28-19-16-7-3-8-17(16)24(20(26)23-19)12-14-5-1-2-9-21-14/h1-2,4-6,9-10H,3,7-8,11-13H2,(H,22,25). The third-order valence-corrected chi connectivity index (χ3v) is 6.52. The topological polar surface area (TPSA) is 76.9 Å². The first kappa shape index (κ1) is 18.9. The van der Waals surface area contributed by atoms with Crippen molar-refractivity contribution >= 4 is 29.0 Å². The minimum atomic E-state index is -0.271. The summed E-state index contributed by atoms with van der Waals surface area (Å²) in [6.07, 6.45) is 4.48. The summed E-state index contributed by atoms with van der Waals surface area (Å²) in [5, 5.41) is 5.60. The smallest absolute Gasteiger partial charge is 0.349 e. The summed E-state index contributed by atoms with van der Waals surface area (Å²) < 4.78 is 1.73. The van der Waals surface area contributed by atoms with Crippen LogP contribution in [0.1, 0.15) is 28.2 Å². The van der Waals surface area contributed by atoms with Gasteiger partial charge in [0.1, 0.15) is 5.03 Å². The summed E-state index contributed by atoms with van der Waals surface area (Å²) in [5.41, 5.74) is 2.71. The van der Waals surface area contributed by atoms with E-state index in [0.29, 0.717) is 18.1 Å². The summed E-state index contributed by atoms with van der Waals surface area (Å²) in [5.74, 6) is 0.207. The van der Waals surface area contributed by atoms with Gasteiger partial charge in [-0.1, -0.05) is 23.9 Å². The quantitative estimate of drug-likeness (QED) is 0.477. The van der Waals surface area contributed by atoms with E-state index in [9.17, 15) is 9.59 Å². The summed E-state index contributed by atoms with van der Waals surface area (Å²) in [6, 6.07) is 9.65. The first-order valence-corrected chi connectivity index (χ1v) is 11.0. The van der Waals surface area contributed by atoms with Gasteiger partial charge in [0.25, 0.3) is 0 Å². The lowest BCUT2D eigenvalue weighted by molar-refractivity contribution is -0.118. The van der Waals surface area contributed by atoms with Gasteiger partial charge in [-0.05, 0) is 42.8 Å². The van der Waals surface area contributed by atoms with Gasteiger partial charge in [-0.2, -0.15) is 4.98 Å². The average molecular weight is 413 g/mol. The van der Waals surface area contributed by atoms with Gasteiger partial charge < -0.3 is 5.32 Å². The second-order valence-electron chi connectivity index (χ2n) is 6.53. The van der Waals surface area contributed by atoms with E-state index >= 15 is 0 Å². The Bertz CT molecular complexity index is 1020. The summed E-state index contributed by atoms with van der Waals surface area (Å²) in [6.45, 7) is 0.968. The third kappa shape index (κ3) is 4.34. The minimum absolute atomic E-state index is 0.0513. The molecule has 8 heteroatoms. The van der Waals surface area contributed by atoms with Gasteiger partial charge >= 0.3 is 5.69 Å². The number of hydrogen-bond donors (Lipinski definition) is 1. The van der Waals surface area contributed by atoms with Crippen molar-refractivity contribution in [2.75, 3.05) is 5.75 Å². The minimum Gasteiger partial charge on any atom is -0.350 e. The van der Waals surface area contributed by atoms with E-state index in [0.717, 1.165) is 41.1 Å². The van der Waals surface area contributed by atoms with E-state index in [4.69, 9.17) is 0 Å². The predicted octanol–water partition coefficient (Wildman–Crippen LogP) is 2.65. The molecule has 1 aliphatic rings. The Morgan fingerprint density at radius 2 is 2.18 bits per heavy atom. The van der Waals surface area contributed by atoms with Gasteiger partial charge in [0, 0.05) is 22.3 Å². The van der Waals surface area contributed by atoms with Gasteiger partial charge in [0.05, 0.1) is 24.5 Å². The predicted molar refractivity (Wildman–Crippen MR) is 111 cm³/mol. The molecule has 0 aromatic carbocycles. The van der Waals surface area contributed by atoms with Crippen molar-refractivity contribution in [3.05, 3.63) is 74.2 Å². The molecule has 0 atom stereocenters. The molecular weight excluding hydrogens is 392 g/mol.